The van der Waals surface area contributed by atoms with Crippen molar-refractivity contribution in [3.63, 3.8) is 0 Å². The van der Waals surface area contributed by atoms with Gasteiger partial charge in [0.15, 0.2) is 0 Å². The number of hydrogen-bond acceptors (Lipinski definition) is 10. The first-order valence-corrected chi connectivity index (χ1v) is 27.3. The molecule has 2 aliphatic carbocycles. The van der Waals surface area contributed by atoms with Gasteiger partial charge in [0.25, 0.3) is 11.8 Å². The summed E-state index contributed by atoms with van der Waals surface area (Å²) in [4.78, 5) is 29.1. The third-order valence-corrected chi connectivity index (χ3v) is 19.4. The van der Waals surface area contributed by atoms with Crippen molar-refractivity contribution in [3.05, 3.63) is 64.1 Å². The number of ether oxygens (including phenoxy) is 2. The maximum atomic E-state index is 12.6. The van der Waals surface area contributed by atoms with Gasteiger partial charge in [-0.25, -0.2) is 0 Å². The van der Waals surface area contributed by atoms with Crippen LogP contribution in [0.1, 0.15) is 170 Å². The van der Waals surface area contributed by atoms with Crippen LogP contribution in [0.3, 0.4) is 0 Å². The number of likely N-dealkylation sites (tertiary alicyclic amines) is 2. The van der Waals surface area contributed by atoms with Gasteiger partial charge in [-0.05, 0) is 199 Å². The van der Waals surface area contributed by atoms with Crippen molar-refractivity contribution in [2.24, 2.45) is 10.8 Å². The fraction of sp³-hybridized carbons (Fsp3) is 0.741. The van der Waals surface area contributed by atoms with Gasteiger partial charge in [-0.1, -0.05) is 52.3 Å². The summed E-state index contributed by atoms with van der Waals surface area (Å²) >= 11 is 3.50. The van der Waals surface area contributed by atoms with E-state index in [0.717, 1.165) is 101 Å². The van der Waals surface area contributed by atoms with E-state index in [2.05, 4.69) is 92.2 Å². The molecule has 70 heavy (non-hydrogen) atoms. The minimum Gasteiger partial charge on any atom is -0.405 e. The zero-order chi connectivity index (χ0) is 50.3. The van der Waals surface area contributed by atoms with Crippen molar-refractivity contribution >= 4 is 54.3 Å². The smallest absolute Gasteiger partial charge is 0.405 e. The number of benzene rings is 2. The van der Waals surface area contributed by atoms with Crippen LogP contribution in [0.5, 0.6) is 0 Å². The molecule has 7 heterocycles. The average Bonchev–Trinajstić information content (AvgIpc) is 3.69. The van der Waals surface area contributed by atoms with Crippen LogP contribution in [0, 0.1) is 10.8 Å². The van der Waals surface area contributed by atoms with Gasteiger partial charge in [-0.15, -0.1) is 0 Å². The molecule has 382 valence electrons. The molecule has 2 spiro atoms. The summed E-state index contributed by atoms with van der Waals surface area (Å²) in [6.45, 7) is 29.6. The first-order chi connectivity index (χ1) is 32.8. The van der Waals surface area contributed by atoms with Gasteiger partial charge < -0.3 is 47.2 Å². The van der Waals surface area contributed by atoms with Crippen LogP contribution in [0.25, 0.3) is 0 Å². The average molecular weight is 1030 g/mol. The number of carbonyl (C=O) groups is 2. The van der Waals surface area contributed by atoms with Gasteiger partial charge >= 0.3 is 21.1 Å². The number of amides is 2. The molecule has 16 heteroatoms. The maximum absolute atomic E-state index is 12.6. The number of hydrogen-bond donors (Lipinski definition) is 0. The lowest BCUT2D eigenvalue weighted by Crippen LogP contribution is -2.44. The molecule has 7 aliphatic heterocycles. The molecule has 0 bridgehead atoms. The maximum Gasteiger partial charge on any atom is 0.494 e. The number of piperidine rings is 2. The quantitative estimate of drug-likeness (QED) is 0.260. The first-order valence-electron chi connectivity index (χ1n) is 26.5. The van der Waals surface area contributed by atoms with Crippen LogP contribution >= 0.6 is 15.9 Å². The molecule has 4 atom stereocenters. The van der Waals surface area contributed by atoms with Crippen molar-refractivity contribution in [2.75, 3.05) is 39.4 Å². The monoisotopic (exact) mass is 1030 g/mol. The summed E-state index contributed by atoms with van der Waals surface area (Å²) in [7, 11) is -1.25. The number of carbonyl (C=O) groups excluding carboxylic acids is 2. The Morgan fingerprint density at radius 3 is 1.16 bits per heavy atom. The Hall–Kier alpha value is -2.27. The Morgan fingerprint density at radius 2 is 0.829 bits per heavy atom. The fourth-order valence-corrected chi connectivity index (χ4v) is 11.9. The first kappa shape index (κ1) is 52.6. The van der Waals surface area contributed by atoms with E-state index in [9.17, 15) is 9.59 Å². The molecule has 2 aromatic carbocycles. The summed E-state index contributed by atoms with van der Waals surface area (Å²) in [5.74, 6) is 1.75. The van der Waals surface area contributed by atoms with E-state index in [1.165, 1.54) is 24.0 Å². The van der Waals surface area contributed by atoms with Crippen molar-refractivity contribution in [3.8, 4) is 0 Å². The van der Waals surface area contributed by atoms with Crippen molar-refractivity contribution < 1.29 is 47.0 Å². The lowest BCUT2D eigenvalue weighted by Gasteiger charge is -2.34. The second-order valence-electron chi connectivity index (χ2n) is 24.9. The highest BCUT2D eigenvalue weighted by Crippen LogP contribution is 2.66. The highest BCUT2D eigenvalue weighted by atomic mass is 79.9. The molecule has 0 N–H and O–H groups in total. The lowest BCUT2D eigenvalue weighted by atomic mass is 9.49. The number of halogens is 1. The minimum atomic E-state index is -0.476. The van der Waals surface area contributed by atoms with E-state index in [1.54, 1.807) is 0 Å². The zero-order valence-corrected chi connectivity index (χ0v) is 45.9. The molecule has 9 fully saturated rings. The molecular weight excluding hydrogens is 949 g/mol. The summed E-state index contributed by atoms with van der Waals surface area (Å²) in [6, 6.07) is 17.6. The second-order valence-corrected chi connectivity index (χ2v) is 25.9. The van der Waals surface area contributed by atoms with Gasteiger partial charge in [0, 0.05) is 43.9 Å². The van der Waals surface area contributed by atoms with Crippen molar-refractivity contribution in [2.45, 2.75) is 205 Å². The lowest BCUT2D eigenvalue weighted by molar-refractivity contribution is -0.143. The van der Waals surface area contributed by atoms with E-state index in [1.807, 2.05) is 65.2 Å². The Morgan fingerprint density at radius 1 is 0.500 bits per heavy atom. The minimum absolute atomic E-state index is 0.157. The highest BCUT2D eigenvalue weighted by molar-refractivity contribution is 9.10. The van der Waals surface area contributed by atoms with Gasteiger partial charge in [0.05, 0.1) is 33.6 Å². The fourth-order valence-electron chi connectivity index (χ4n) is 11.6. The standard InChI is InChI=1S/C24H34BNO4.C18H22BrNO2.C12H24B2O4/c1-22(2)23(3,4)30-25(29-22)18-9-7-17(8-10-18)19-16-24(19)11-13-26(14-12-24)21(27)20-6-5-15-28-20;19-14-5-3-13(4-6-14)15-12-18(15)7-9-20(10-8-18)17(21)16-2-1-11-22-16;1-9(2)10(3,4)16-13(15-9)14-17-11(5,6)12(7,8)18-14/h7-10,19-20H,5-6,11-16H2,1-4H3;3-6,15-16H,1-2,7-12H2;1-8H3/t19?,20-;15?,16-;/m11./s1. The Kier molecular flexibility index (Phi) is 14.4. The van der Waals surface area contributed by atoms with Gasteiger partial charge in [0.2, 0.25) is 0 Å². The summed E-state index contributed by atoms with van der Waals surface area (Å²) in [5, 5.41) is 0. The molecule has 2 unspecified atom stereocenters. The van der Waals surface area contributed by atoms with Crippen LogP contribution in [-0.2, 0) is 47.0 Å². The molecule has 2 aromatic rings. The predicted octanol–water partition coefficient (Wildman–Crippen LogP) is 9.23. The largest absolute Gasteiger partial charge is 0.494 e. The van der Waals surface area contributed by atoms with E-state index in [-0.39, 0.29) is 64.7 Å². The van der Waals surface area contributed by atoms with E-state index < -0.39 is 14.0 Å². The summed E-state index contributed by atoms with van der Waals surface area (Å²) in [6.07, 6.45) is 10.5. The normalized spacial score (nSPS) is 31.0. The number of rotatable bonds is 6. The van der Waals surface area contributed by atoms with E-state index in [0.29, 0.717) is 22.7 Å². The molecule has 2 saturated carbocycles. The summed E-state index contributed by atoms with van der Waals surface area (Å²) in [5.41, 5.74) is 2.74. The Balaban J connectivity index is 0.000000135. The van der Waals surface area contributed by atoms with E-state index in [4.69, 9.17) is 37.4 Å². The summed E-state index contributed by atoms with van der Waals surface area (Å²) < 4.78 is 48.5. The Bertz CT molecular complexity index is 2110. The molecular formula is C54H80B3BrN2O10. The Labute approximate surface area is 428 Å². The molecule has 0 radical (unpaired) electrons. The molecule has 2 amide bonds. The second kappa shape index (κ2) is 19.1. The highest BCUT2D eigenvalue weighted by Gasteiger charge is 2.64. The zero-order valence-electron chi connectivity index (χ0n) is 44.3. The van der Waals surface area contributed by atoms with Gasteiger partial charge in [0.1, 0.15) is 12.2 Å². The molecule has 7 saturated heterocycles. The van der Waals surface area contributed by atoms with Crippen LogP contribution < -0.4 is 5.46 Å². The molecule has 11 rings (SSSR count). The van der Waals surface area contributed by atoms with Crippen LogP contribution in [0.4, 0.5) is 0 Å². The topological polar surface area (TPSA) is 114 Å². The third-order valence-electron chi connectivity index (χ3n) is 18.8. The predicted molar refractivity (Wildman–Crippen MR) is 278 cm³/mol. The molecule has 0 aromatic heterocycles. The van der Waals surface area contributed by atoms with Gasteiger partial charge in [-0.2, -0.15) is 0 Å². The van der Waals surface area contributed by atoms with E-state index >= 15 is 0 Å². The number of nitrogens with zero attached hydrogens (tertiary/aromatic N) is 2. The van der Waals surface area contributed by atoms with Gasteiger partial charge in [-0.3, -0.25) is 9.59 Å². The van der Waals surface area contributed by atoms with Crippen molar-refractivity contribution in [1.82, 2.24) is 9.80 Å². The van der Waals surface area contributed by atoms with Crippen LogP contribution in [0.2, 0.25) is 0 Å². The van der Waals surface area contributed by atoms with Crippen LogP contribution in [0.15, 0.2) is 53.0 Å². The molecule has 12 nitrogen and oxygen atoms in total. The SMILES string of the molecule is CC1(C)OB(B2OC(C)(C)C(C)(C)O2)OC1(C)C.CC1(C)OB(c2ccc(C3CC34CCN(C(=O)[C@H]3CCCO3)CC4)cc2)OC1(C)C.O=C([C@H]1CCCO1)N1CCC2(CC1)CC2c1ccc(Br)cc1. The van der Waals surface area contributed by atoms with Crippen LogP contribution in [-0.4, -0.2) is 128 Å². The van der Waals surface area contributed by atoms with Crippen molar-refractivity contribution in [1.29, 1.82) is 0 Å². The third kappa shape index (κ3) is 10.4. The molecule has 9 aliphatic rings.